The number of carbonyl (C=O) groups is 1. The van der Waals surface area contributed by atoms with Crippen LogP contribution in [0, 0.1) is 0 Å². The molecule has 0 radical (unpaired) electrons. The monoisotopic (exact) mass is 291 g/mol. The van der Waals surface area contributed by atoms with Gasteiger partial charge in [-0.25, -0.2) is 9.97 Å². The molecule has 6 nitrogen and oxygen atoms in total. The Morgan fingerprint density at radius 1 is 1.48 bits per heavy atom. The lowest BCUT2D eigenvalue weighted by Crippen LogP contribution is -2.42. The molecule has 1 aromatic rings. The fourth-order valence-electron chi connectivity index (χ4n) is 2.57. The van der Waals surface area contributed by atoms with Crippen LogP contribution in [0.15, 0.2) is 18.5 Å². The minimum Gasteiger partial charge on any atom is -0.313 e. The average molecular weight is 291 g/mol. The Hall–Kier alpha value is -1.53. The molecule has 1 amide bonds. The van der Waals surface area contributed by atoms with Crippen LogP contribution in [0.2, 0.25) is 0 Å². The minimum absolute atomic E-state index is 0.0460. The van der Waals surface area contributed by atoms with Crippen molar-refractivity contribution in [3.8, 4) is 0 Å². The number of amides is 1. The normalized spacial score (nSPS) is 18.1. The fourth-order valence-corrected chi connectivity index (χ4v) is 2.57. The van der Waals surface area contributed by atoms with E-state index >= 15 is 0 Å². The van der Waals surface area contributed by atoms with Gasteiger partial charge in [-0.2, -0.15) is 0 Å². The van der Waals surface area contributed by atoms with Crippen LogP contribution < -0.4 is 10.6 Å². The van der Waals surface area contributed by atoms with Crippen molar-refractivity contribution in [1.82, 2.24) is 20.2 Å². The van der Waals surface area contributed by atoms with Gasteiger partial charge in [-0.15, -0.1) is 0 Å². The highest BCUT2D eigenvalue weighted by atomic mass is 16.2. The molecule has 0 saturated carbocycles. The number of aromatic nitrogens is 2. The Labute approximate surface area is 126 Å². The number of rotatable bonds is 8. The lowest BCUT2D eigenvalue weighted by Gasteiger charge is -2.24. The summed E-state index contributed by atoms with van der Waals surface area (Å²) < 4.78 is 0. The van der Waals surface area contributed by atoms with Crippen molar-refractivity contribution in [2.24, 2.45) is 0 Å². The van der Waals surface area contributed by atoms with Gasteiger partial charge in [-0.05, 0) is 38.4 Å². The summed E-state index contributed by atoms with van der Waals surface area (Å²) in [7, 11) is 0. The number of hydrogen-bond donors (Lipinski definition) is 2. The smallest absolute Gasteiger partial charge is 0.240 e. The molecule has 1 aliphatic rings. The highest BCUT2D eigenvalue weighted by Crippen LogP contribution is 2.08. The van der Waals surface area contributed by atoms with E-state index in [1.807, 2.05) is 0 Å². The van der Waals surface area contributed by atoms with Crippen molar-refractivity contribution in [3.05, 3.63) is 18.5 Å². The summed E-state index contributed by atoms with van der Waals surface area (Å²) in [6.45, 7) is 5.55. The number of unbranched alkanes of at least 4 members (excludes halogenated alkanes) is 1. The van der Waals surface area contributed by atoms with Gasteiger partial charge >= 0.3 is 0 Å². The molecule has 6 heteroatoms. The molecule has 116 valence electrons. The van der Waals surface area contributed by atoms with Crippen molar-refractivity contribution in [1.29, 1.82) is 0 Å². The second kappa shape index (κ2) is 8.69. The zero-order valence-electron chi connectivity index (χ0n) is 12.7. The van der Waals surface area contributed by atoms with E-state index in [9.17, 15) is 4.79 Å². The maximum Gasteiger partial charge on any atom is 0.240 e. The van der Waals surface area contributed by atoms with E-state index in [4.69, 9.17) is 0 Å². The predicted octanol–water partition coefficient (Wildman–Crippen LogP) is 1.27. The Bertz CT molecular complexity index is 419. The van der Waals surface area contributed by atoms with Crippen molar-refractivity contribution >= 4 is 11.9 Å². The first-order chi connectivity index (χ1) is 10.3. The van der Waals surface area contributed by atoms with E-state index in [2.05, 4.69) is 32.4 Å². The van der Waals surface area contributed by atoms with Gasteiger partial charge in [0.2, 0.25) is 11.9 Å². The minimum atomic E-state index is -0.0460. The van der Waals surface area contributed by atoms with Crippen molar-refractivity contribution in [2.75, 3.05) is 31.5 Å². The molecule has 1 atom stereocenters. The first-order valence-corrected chi connectivity index (χ1v) is 7.80. The summed E-state index contributed by atoms with van der Waals surface area (Å²) in [6, 6.07) is 2.25. The van der Waals surface area contributed by atoms with E-state index in [1.54, 1.807) is 18.5 Å². The van der Waals surface area contributed by atoms with Crippen molar-refractivity contribution in [3.63, 3.8) is 0 Å². The first-order valence-electron chi connectivity index (χ1n) is 7.80. The van der Waals surface area contributed by atoms with Gasteiger partial charge in [0.05, 0.1) is 6.54 Å². The summed E-state index contributed by atoms with van der Waals surface area (Å²) in [5, 5.41) is 6.24. The van der Waals surface area contributed by atoms with Crippen LogP contribution in [0.4, 0.5) is 5.95 Å². The number of anilines is 1. The lowest BCUT2D eigenvalue weighted by molar-refractivity contribution is -0.117. The molecule has 1 unspecified atom stereocenters. The molecule has 2 rings (SSSR count). The summed E-state index contributed by atoms with van der Waals surface area (Å²) in [4.78, 5) is 22.4. The number of nitrogens with one attached hydrogen (secondary N) is 2. The van der Waals surface area contributed by atoms with Gasteiger partial charge in [0.1, 0.15) is 0 Å². The van der Waals surface area contributed by atoms with E-state index < -0.39 is 0 Å². The quantitative estimate of drug-likeness (QED) is 0.755. The highest BCUT2D eigenvalue weighted by molar-refractivity contribution is 5.90. The Kier molecular flexibility index (Phi) is 6.56. The molecule has 0 spiro atoms. The maximum atomic E-state index is 12.1. The molecule has 0 aromatic carbocycles. The van der Waals surface area contributed by atoms with Crippen molar-refractivity contribution < 1.29 is 4.79 Å². The second-order valence-corrected chi connectivity index (χ2v) is 5.50. The molecule has 2 N–H and O–H groups in total. The van der Waals surface area contributed by atoms with E-state index in [0.717, 1.165) is 32.5 Å². The predicted molar refractivity (Wildman–Crippen MR) is 83.0 cm³/mol. The maximum absolute atomic E-state index is 12.1. The summed E-state index contributed by atoms with van der Waals surface area (Å²) in [5.74, 6) is 0.326. The number of hydrogen-bond acceptors (Lipinski definition) is 5. The summed E-state index contributed by atoms with van der Waals surface area (Å²) in [6.07, 6.45) is 7.93. The SMILES string of the molecule is CCCCN(CC(=O)Nc1ncccn1)CC1CCCN1. The van der Waals surface area contributed by atoms with Gasteiger partial charge in [0.25, 0.3) is 0 Å². The van der Waals surface area contributed by atoms with E-state index in [1.165, 1.54) is 12.8 Å². The molecule has 1 aliphatic heterocycles. The molecule has 1 fully saturated rings. The average Bonchev–Trinajstić information content (AvgIpc) is 2.98. The van der Waals surface area contributed by atoms with Gasteiger partial charge in [-0.3, -0.25) is 15.0 Å². The molecular formula is C15H25N5O. The van der Waals surface area contributed by atoms with Crippen molar-refractivity contribution in [2.45, 2.75) is 38.6 Å². The second-order valence-electron chi connectivity index (χ2n) is 5.50. The van der Waals surface area contributed by atoms with Gasteiger partial charge in [-0.1, -0.05) is 13.3 Å². The highest BCUT2D eigenvalue weighted by Gasteiger charge is 2.19. The lowest BCUT2D eigenvalue weighted by atomic mass is 10.2. The van der Waals surface area contributed by atoms with E-state index in [-0.39, 0.29) is 5.91 Å². The van der Waals surface area contributed by atoms with Crippen LogP contribution in [0.1, 0.15) is 32.6 Å². The summed E-state index contributed by atoms with van der Waals surface area (Å²) in [5.41, 5.74) is 0. The third kappa shape index (κ3) is 5.77. The molecular weight excluding hydrogens is 266 g/mol. The van der Waals surface area contributed by atoms with Gasteiger partial charge in [0.15, 0.2) is 0 Å². The van der Waals surface area contributed by atoms with Crippen LogP contribution in [0.25, 0.3) is 0 Å². The van der Waals surface area contributed by atoms with Crippen LogP contribution in [0.3, 0.4) is 0 Å². The zero-order chi connectivity index (χ0) is 14.9. The molecule has 2 heterocycles. The largest absolute Gasteiger partial charge is 0.313 e. The van der Waals surface area contributed by atoms with Crippen LogP contribution in [-0.2, 0) is 4.79 Å². The standard InChI is InChI=1S/C15H25N5O/c1-2-3-10-20(11-13-6-4-7-16-13)12-14(21)19-15-17-8-5-9-18-15/h5,8-9,13,16H,2-4,6-7,10-12H2,1H3,(H,17,18,19,21). The Morgan fingerprint density at radius 3 is 2.95 bits per heavy atom. The topological polar surface area (TPSA) is 70.2 Å². The summed E-state index contributed by atoms with van der Waals surface area (Å²) >= 11 is 0. The van der Waals surface area contributed by atoms with Crippen LogP contribution >= 0.6 is 0 Å². The molecule has 1 saturated heterocycles. The van der Waals surface area contributed by atoms with Crippen LogP contribution in [0.5, 0.6) is 0 Å². The third-order valence-electron chi connectivity index (χ3n) is 3.65. The molecule has 1 aromatic heterocycles. The third-order valence-corrected chi connectivity index (χ3v) is 3.65. The molecule has 0 bridgehead atoms. The van der Waals surface area contributed by atoms with E-state index in [0.29, 0.717) is 18.5 Å². The Balaban J connectivity index is 1.82. The van der Waals surface area contributed by atoms with Crippen LogP contribution in [-0.4, -0.2) is 53.0 Å². The molecule has 21 heavy (non-hydrogen) atoms. The van der Waals surface area contributed by atoms with Gasteiger partial charge < -0.3 is 5.32 Å². The van der Waals surface area contributed by atoms with Gasteiger partial charge in [0, 0.05) is 25.0 Å². The number of carbonyl (C=O) groups excluding carboxylic acids is 1. The zero-order valence-corrected chi connectivity index (χ0v) is 12.7. The number of nitrogens with zero attached hydrogens (tertiary/aromatic N) is 3. The fraction of sp³-hybridized carbons (Fsp3) is 0.667. The first kappa shape index (κ1) is 15.9. The molecule has 0 aliphatic carbocycles. The Morgan fingerprint density at radius 2 is 2.29 bits per heavy atom.